The van der Waals surface area contributed by atoms with Gasteiger partial charge in [0.25, 0.3) is 5.92 Å². The van der Waals surface area contributed by atoms with Gasteiger partial charge in [-0.2, -0.15) is 0 Å². The third kappa shape index (κ3) is 4.26. The second-order valence-corrected chi connectivity index (χ2v) is 10.5. The summed E-state index contributed by atoms with van der Waals surface area (Å²) in [7, 11) is 1.99. The van der Waals surface area contributed by atoms with Crippen molar-refractivity contribution in [2.75, 3.05) is 17.3 Å². The number of rotatable bonds is 5. The Balaban J connectivity index is 1.77. The van der Waals surface area contributed by atoms with Gasteiger partial charge in [-0.15, -0.1) is 0 Å². The second-order valence-electron chi connectivity index (χ2n) is 10.5. The first-order valence-corrected chi connectivity index (χ1v) is 11.9. The number of hydrogen-bond acceptors (Lipinski definition) is 4. The van der Waals surface area contributed by atoms with Gasteiger partial charge in [-0.3, -0.25) is 0 Å². The first-order valence-electron chi connectivity index (χ1n) is 11.9. The first kappa shape index (κ1) is 25.0. The van der Waals surface area contributed by atoms with Crippen LogP contribution >= 0.6 is 0 Å². The van der Waals surface area contributed by atoms with Crippen LogP contribution in [0.25, 0.3) is 10.9 Å². The summed E-state index contributed by atoms with van der Waals surface area (Å²) < 4.78 is 44.6. The number of fused-ring (bicyclic) bond motifs is 2. The molecule has 0 saturated carbocycles. The zero-order valence-corrected chi connectivity index (χ0v) is 21.4. The summed E-state index contributed by atoms with van der Waals surface area (Å²) in [6, 6.07) is 7.67. The zero-order valence-electron chi connectivity index (χ0n) is 21.4. The van der Waals surface area contributed by atoms with Gasteiger partial charge >= 0.3 is 0 Å². The first-order chi connectivity index (χ1) is 16.2. The van der Waals surface area contributed by atoms with Gasteiger partial charge in [0.15, 0.2) is 0 Å². The molecule has 0 spiro atoms. The van der Waals surface area contributed by atoms with Crippen LogP contribution in [0.2, 0.25) is 0 Å². The monoisotopic (exact) mass is 482 g/mol. The highest BCUT2D eigenvalue weighted by Gasteiger charge is 2.39. The van der Waals surface area contributed by atoms with E-state index in [2.05, 4.69) is 46.7 Å². The van der Waals surface area contributed by atoms with Crippen LogP contribution < -0.4 is 10.2 Å². The van der Waals surface area contributed by atoms with Crippen molar-refractivity contribution in [1.29, 1.82) is 0 Å². The van der Waals surface area contributed by atoms with Crippen molar-refractivity contribution >= 4 is 22.4 Å². The minimum atomic E-state index is -3.27. The van der Waals surface area contributed by atoms with E-state index >= 15 is 4.39 Å². The Morgan fingerprint density at radius 3 is 2.49 bits per heavy atom. The maximum absolute atomic E-state index is 15.3. The predicted molar refractivity (Wildman–Crippen MR) is 136 cm³/mol. The van der Waals surface area contributed by atoms with Crippen molar-refractivity contribution in [1.82, 2.24) is 9.97 Å². The SMILES string of the molecule is C=C1N(C)c2cc3c(N[C@H](C)c4cccc(C(F)(F)C(C)C)c4F)nc(C)nc3cc2CC1(C)C. The van der Waals surface area contributed by atoms with E-state index in [-0.39, 0.29) is 11.0 Å². The average molecular weight is 483 g/mol. The predicted octanol–water partition coefficient (Wildman–Crippen LogP) is 7.53. The number of alkyl halides is 2. The molecule has 0 radical (unpaired) electrons. The minimum absolute atomic E-state index is 0.0757. The van der Waals surface area contributed by atoms with Gasteiger partial charge in [0.2, 0.25) is 0 Å². The van der Waals surface area contributed by atoms with E-state index < -0.39 is 29.3 Å². The van der Waals surface area contributed by atoms with Crippen molar-refractivity contribution in [3.8, 4) is 0 Å². The van der Waals surface area contributed by atoms with Crippen LogP contribution in [-0.4, -0.2) is 17.0 Å². The van der Waals surface area contributed by atoms with Gasteiger partial charge in [-0.25, -0.2) is 23.1 Å². The third-order valence-corrected chi connectivity index (χ3v) is 7.12. The van der Waals surface area contributed by atoms with E-state index in [0.717, 1.165) is 34.8 Å². The van der Waals surface area contributed by atoms with Crippen LogP contribution in [0.15, 0.2) is 42.6 Å². The number of allylic oxidation sites excluding steroid dienone is 1. The fourth-order valence-corrected chi connectivity index (χ4v) is 4.80. The second kappa shape index (κ2) is 8.54. The molecule has 0 amide bonds. The van der Waals surface area contributed by atoms with Crippen molar-refractivity contribution in [3.05, 3.63) is 70.9 Å². The highest BCUT2D eigenvalue weighted by Crippen LogP contribution is 2.44. The van der Waals surface area contributed by atoms with E-state index in [4.69, 9.17) is 0 Å². The number of halogens is 3. The maximum atomic E-state index is 15.3. The van der Waals surface area contributed by atoms with Crippen LogP contribution in [0.1, 0.15) is 63.2 Å². The van der Waals surface area contributed by atoms with Crippen LogP contribution in [-0.2, 0) is 12.3 Å². The van der Waals surface area contributed by atoms with Crippen LogP contribution in [0.4, 0.5) is 24.7 Å². The standard InChI is InChI=1S/C28H33F3N4/c1-15(2)28(30,31)22-11-9-10-20(25(22)29)16(3)32-26-21-13-24-19(12-23(21)33-18(5)34-26)14-27(6,7)17(4)35(24)8/h9-13,15-16H,4,14H2,1-3,5-8H3,(H,32,33,34)/t16-/m1/s1. The quantitative estimate of drug-likeness (QED) is 0.408. The van der Waals surface area contributed by atoms with E-state index in [0.29, 0.717) is 11.6 Å². The molecule has 0 bridgehead atoms. The van der Waals surface area contributed by atoms with Gasteiger partial charge in [0, 0.05) is 40.7 Å². The molecule has 1 aliphatic rings. The highest BCUT2D eigenvalue weighted by molar-refractivity contribution is 5.93. The lowest BCUT2D eigenvalue weighted by molar-refractivity contribution is -0.0545. The molecule has 2 heterocycles. The molecule has 4 nitrogen and oxygen atoms in total. The van der Waals surface area contributed by atoms with Crippen LogP contribution in [0.5, 0.6) is 0 Å². The molecule has 2 aromatic carbocycles. The molecule has 186 valence electrons. The summed E-state index contributed by atoms with van der Waals surface area (Å²) >= 11 is 0. The average Bonchev–Trinajstić information content (AvgIpc) is 2.76. The number of hydrogen-bond donors (Lipinski definition) is 1. The molecule has 1 N–H and O–H groups in total. The zero-order chi connectivity index (χ0) is 25.9. The number of anilines is 2. The Bertz CT molecular complexity index is 1310. The lowest BCUT2D eigenvalue weighted by Crippen LogP contribution is -2.35. The highest BCUT2D eigenvalue weighted by atomic mass is 19.3. The smallest absolute Gasteiger partial charge is 0.278 e. The molecular weight excluding hydrogens is 449 g/mol. The summed E-state index contributed by atoms with van der Waals surface area (Å²) in [5.74, 6) is -4.07. The summed E-state index contributed by atoms with van der Waals surface area (Å²) in [5.41, 5.74) is 3.50. The summed E-state index contributed by atoms with van der Waals surface area (Å²) in [4.78, 5) is 11.3. The molecular formula is C28H33F3N4. The molecule has 0 saturated heterocycles. The number of nitrogens with one attached hydrogen (secondary N) is 1. The van der Waals surface area contributed by atoms with E-state index in [1.54, 1.807) is 13.8 Å². The number of aryl methyl sites for hydroxylation is 1. The third-order valence-electron chi connectivity index (χ3n) is 7.12. The maximum Gasteiger partial charge on any atom is 0.278 e. The molecule has 1 aromatic heterocycles. The molecule has 0 unspecified atom stereocenters. The molecule has 0 aliphatic carbocycles. The Labute approximate surface area is 205 Å². The fraction of sp³-hybridized carbons (Fsp3) is 0.429. The lowest BCUT2D eigenvalue weighted by Gasteiger charge is -2.41. The van der Waals surface area contributed by atoms with Gasteiger partial charge in [-0.1, -0.05) is 52.5 Å². The van der Waals surface area contributed by atoms with Gasteiger partial charge in [-0.05, 0) is 38.0 Å². The van der Waals surface area contributed by atoms with E-state index in [9.17, 15) is 8.78 Å². The van der Waals surface area contributed by atoms with Gasteiger partial charge in [0.1, 0.15) is 17.5 Å². The van der Waals surface area contributed by atoms with Crippen molar-refractivity contribution in [2.45, 2.75) is 59.9 Å². The minimum Gasteiger partial charge on any atom is -0.363 e. The van der Waals surface area contributed by atoms with Gasteiger partial charge in [0.05, 0.1) is 17.1 Å². The van der Waals surface area contributed by atoms with E-state index in [1.165, 1.54) is 31.5 Å². The number of aromatic nitrogens is 2. The molecule has 1 atom stereocenters. The Hall–Kier alpha value is -3.09. The Morgan fingerprint density at radius 2 is 1.83 bits per heavy atom. The Kier molecular flexibility index (Phi) is 6.10. The molecule has 4 rings (SSSR count). The van der Waals surface area contributed by atoms with Crippen molar-refractivity contribution in [3.63, 3.8) is 0 Å². The normalized spacial score (nSPS) is 16.5. The van der Waals surface area contributed by atoms with E-state index in [1.807, 2.05) is 13.1 Å². The van der Waals surface area contributed by atoms with Crippen molar-refractivity contribution in [2.24, 2.45) is 11.3 Å². The molecule has 7 heteroatoms. The summed E-state index contributed by atoms with van der Waals surface area (Å²) in [6.45, 7) is 14.9. The van der Waals surface area contributed by atoms with Crippen LogP contribution in [0.3, 0.4) is 0 Å². The molecule has 1 aliphatic heterocycles. The molecule has 35 heavy (non-hydrogen) atoms. The van der Waals surface area contributed by atoms with Gasteiger partial charge < -0.3 is 10.2 Å². The van der Waals surface area contributed by atoms with Crippen LogP contribution in [0, 0.1) is 24.1 Å². The summed E-state index contributed by atoms with van der Waals surface area (Å²) in [5, 5.41) is 4.04. The lowest BCUT2D eigenvalue weighted by atomic mass is 9.78. The Morgan fingerprint density at radius 1 is 1.14 bits per heavy atom. The largest absolute Gasteiger partial charge is 0.363 e. The number of nitrogens with zero attached hydrogens (tertiary/aromatic N) is 3. The summed E-state index contributed by atoms with van der Waals surface area (Å²) in [6.07, 6.45) is 0.839. The fourth-order valence-electron chi connectivity index (χ4n) is 4.80. The van der Waals surface area contributed by atoms with Crippen molar-refractivity contribution < 1.29 is 13.2 Å². The molecule has 0 fully saturated rings. The topological polar surface area (TPSA) is 41.0 Å². The number of benzene rings is 2. The molecule has 3 aromatic rings.